The highest BCUT2D eigenvalue weighted by Gasteiger charge is 2.04. The molecule has 3 aromatic rings. The van der Waals surface area contributed by atoms with Crippen LogP contribution in [0.15, 0.2) is 60.7 Å². The molecule has 0 spiro atoms. The standard InChI is InChI=1S/C22H17F2NO3/c23-18-8-10-21(20(24)14-18)27-12-4-3-11-25-22(26)15-28-19-9-7-16-5-1-2-6-17(16)13-19/h1-2,5-10,13-14H,11-12,15H2,(H,25,26). The summed E-state index contributed by atoms with van der Waals surface area (Å²) in [4.78, 5) is 11.8. The Bertz CT molecular complexity index is 1040. The van der Waals surface area contributed by atoms with E-state index < -0.39 is 11.6 Å². The Kier molecular flexibility index (Phi) is 6.42. The van der Waals surface area contributed by atoms with E-state index in [1.165, 1.54) is 6.07 Å². The van der Waals surface area contributed by atoms with Crippen LogP contribution in [0.2, 0.25) is 0 Å². The van der Waals surface area contributed by atoms with Gasteiger partial charge in [0.25, 0.3) is 5.91 Å². The van der Waals surface area contributed by atoms with Crippen LogP contribution >= 0.6 is 0 Å². The fraction of sp³-hybridized carbons (Fsp3) is 0.136. The van der Waals surface area contributed by atoms with Crippen molar-refractivity contribution in [3.05, 3.63) is 72.3 Å². The van der Waals surface area contributed by atoms with Gasteiger partial charge in [0, 0.05) is 6.07 Å². The van der Waals surface area contributed by atoms with E-state index in [0.29, 0.717) is 5.75 Å². The first kappa shape index (κ1) is 19.2. The monoisotopic (exact) mass is 381 g/mol. The largest absolute Gasteiger partial charge is 0.484 e. The van der Waals surface area contributed by atoms with Crippen molar-refractivity contribution in [3.63, 3.8) is 0 Å². The maximum atomic E-state index is 13.4. The van der Waals surface area contributed by atoms with Crippen molar-refractivity contribution >= 4 is 16.7 Å². The van der Waals surface area contributed by atoms with Crippen LogP contribution in [0, 0.1) is 23.5 Å². The Balaban J connectivity index is 1.38. The number of fused-ring (bicyclic) bond motifs is 1. The van der Waals surface area contributed by atoms with Gasteiger partial charge in [-0.05, 0) is 35.0 Å². The van der Waals surface area contributed by atoms with E-state index in [1.807, 2.05) is 36.4 Å². The van der Waals surface area contributed by atoms with E-state index in [9.17, 15) is 13.6 Å². The molecular formula is C22H17F2NO3. The molecule has 4 nitrogen and oxygen atoms in total. The van der Waals surface area contributed by atoms with E-state index in [4.69, 9.17) is 9.47 Å². The number of amides is 1. The summed E-state index contributed by atoms with van der Waals surface area (Å²) in [5.41, 5.74) is 0. The molecular weight excluding hydrogens is 364 g/mol. The average Bonchev–Trinajstić information content (AvgIpc) is 2.70. The van der Waals surface area contributed by atoms with Crippen LogP contribution in [-0.4, -0.2) is 25.7 Å². The minimum atomic E-state index is -0.791. The summed E-state index contributed by atoms with van der Waals surface area (Å²) in [6, 6.07) is 16.5. The maximum Gasteiger partial charge on any atom is 0.258 e. The molecule has 0 radical (unpaired) electrons. The average molecular weight is 381 g/mol. The molecule has 0 unspecified atom stereocenters. The second-order valence-corrected chi connectivity index (χ2v) is 5.79. The van der Waals surface area contributed by atoms with Crippen molar-refractivity contribution in [1.82, 2.24) is 5.32 Å². The molecule has 142 valence electrons. The van der Waals surface area contributed by atoms with Gasteiger partial charge in [-0.25, -0.2) is 8.78 Å². The summed E-state index contributed by atoms with van der Waals surface area (Å²) in [7, 11) is 0. The Hall–Kier alpha value is -3.59. The summed E-state index contributed by atoms with van der Waals surface area (Å²) >= 11 is 0. The van der Waals surface area contributed by atoms with Crippen LogP contribution < -0.4 is 14.8 Å². The lowest BCUT2D eigenvalue weighted by Gasteiger charge is -2.07. The zero-order chi connectivity index (χ0) is 19.8. The van der Waals surface area contributed by atoms with Gasteiger partial charge < -0.3 is 14.8 Å². The van der Waals surface area contributed by atoms with Crippen molar-refractivity contribution < 1.29 is 23.0 Å². The molecule has 0 aliphatic heterocycles. The Morgan fingerprint density at radius 1 is 0.929 bits per heavy atom. The number of carbonyl (C=O) groups excluding carboxylic acids is 1. The highest BCUT2D eigenvalue weighted by molar-refractivity contribution is 5.84. The van der Waals surface area contributed by atoms with Gasteiger partial charge in [0.1, 0.15) is 18.2 Å². The highest BCUT2D eigenvalue weighted by atomic mass is 19.1. The van der Waals surface area contributed by atoms with Gasteiger partial charge in [-0.2, -0.15) is 0 Å². The fourth-order valence-corrected chi connectivity index (χ4v) is 2.42. The third-order valence-corrected chi connectivity index (χ3v) is 3.78. The molecule has 1 N–H and O–H groups in total. The first-order chi connectivity index (χ1) is 13.6. The smallest absolute Gasteiger partial charge is 0.258 e. The normalized spacial score (nSPS) is 10.1. The van der Waals surface area contributed by atoms with E-state index >= 15 is 0 Å². The molecule has 1 amide bonds. The predicted molar refractivity (Wildman–Crippen MR) is 102 cm³/mol. The van der Waals surface area contributed by atoms with Crippen LogP contribution in [0.4, 0.5) is 8.78 Å². The van der Waals surface area contributed by atoms with Crippen molar-refractivity contribution in [3.8, 4) is 23.3 Å². The molecule has 28 heavy (non-hydrogen) atoms. The van der Waals surface area contributed by atoms with E-state index in [2.05, 4.69) is 17.2 Å². The van der Waals surface area contributed by atoms with E-state index in [0.717, 1.165) is 22.9 Å². The second-order valence-electron chi connectivity index (χ2n) is 5.79. The minimum Gasteiger partial charge on any atom is -0.484 e. The van der Waals surface area contributed by atoms with Gasteiger partial charge in [0.2, 0.25) is 0 Å². The summed E-state index contributed by atoms with van der Waals surface area (Å²) in [6.07, 6.45) is 0. The molecule has 0 fully saturated rings. The lowest BCUT2D eigenvalue weighted by atomic mass is 10.1. The van der Waals surface area contributed by atoms with Crippen LogP contribution in [0.5, 0.6) is 11.5 Å². The number of hydrogen-bond acceptors (Lipinski definition) is 3. The molecule has 6 heteroatoms. The lowest BCUT2D eigenvalue weighted by molar-refractivity contribution is -0.122. The van der Waals surface area contributed by atoms with Crippen LogP contribution in [0.1, 0.15) is 0 Å². The maximum absolute atomic E-state index is 13.4. The van der Waals surface area contributed by atoms with Gasteiger partial charge in [0.05, 0.1) is 6.54 Å². The van der Waals surface area contributed by atoms with Crippen molar-refractivity contribution in [1.29, 1.82) is 0 Å². The lowest BCUT2D eigenvalue weighted by Crippen LogP contribution is -2.29. The Morgan fingerprint density at radius 2 is 1.75 bits per heavy atom. The molecule has 0 saturated heterocycles. The molecule has 0 heterocycles. The van der Waals surface area contributed by atoms with Gasteiger partial charge in [-0.1, -0.05) is 42.2 Å². The molecule has 0 saturated carbocycles. The summed E-state index contributed by atoms with van der Waals surface area (Å²) in [5, 5.41) is 4.72. The number of benzene rings is 3. The second kappa shape index (κ2) is 9.38. The Morgan fingerprint density at radius 3 is 2.57 bits per heavy atom. The van der Waals surface area contributed by atoms with E-state index in [1.54, 1.807) is 6.07 Å². The molecule has 0 aliphatic carbocycles. The van der Waals surface area contributed by atoms with Crippen molar-refractivity contribution in [2.75, 3.05) is 19.8 Å². The summed E-state index contributed by atoms with van der Waals surface area (Å²) in [6.45, 7) is -0.0987. The van der Waals surface area contributed by atoms with Gasteiger partial charge in [0.15, 0.2) is 18.2 Å². The topological polar surface area (TPSA) is 47.6 Å². The summed E-state index contributed by atoms with van der Waals surface area (Å²) < 4.78 is 36.7. The minimum absolute atomic E-state index is 0.0774. The highest BCUT2D eigenvalue weighted by Crippen LogP contribution is 2.20. The number of nitrogens with one attached hydrogen (secondary N) is 1. The third kappa shape index (κ3) is 5.45. The van der Waals surface area contributed by atoms with Gasteiger partial charge >= 0.3 is 0 Å². The van der Waals surface area contributed by atoms with Crippen LogP contribution in [0.3, 0.4) is 0 Å². The quantitative estimate of drug-likeness (QED) is 0.663. The van der Waals surface area contributed by atoms with Crippen molar-refractivity contribution in [2.24, 2.45) is 0 Å². The van der Waals surface area contributed by atoms with Gasteiger partial charge in [-0.15, -0.1) is 0 Å². The number of hydrogen-bond donors (Lipinski definition) is 1. The fourth-order valence-electron chi connectivity index (χ4n) is 2.42. The Labute approximate surface area is 161 Å². The molecule has 3 aromatic carbocycles. The van der Waals surface area contributed by atoms with Crippen molar-refractivity contribution in [2.45, 2.75) is 0 Å². The molecule has 0 aliphatic rings. The zero-order valence-corrected chi connectivity index (χ0v) is 14.9. The van der Waals surface area contributed by atoms with Crippen LogP contribution in [0.25, 0.3) is 10.8 Å². The third-order valence-electron chi connectivity index (χ3n) is 3.78. The number of rotatable bonds is 6. The first-order valence-electron chi connectivity index (χ1n) is 8.54. The first-order valence-corrected chi connectivity index (χ1v) is 8.54. The number of ether oxygens (including phenoxy) is 2. The van der Waals surface area contributed by atoms with Crippen LogP contribution in [-0.2, 0) is 4.79 Å². The molecule has 0 aromatic heterocycles. The molecule has 0 atom stereocenters. The number of halogens is 2. The predicted octanol–water partition coefficient (Wildman–Crippen LogP) is 3.70. The number of carbonyl (C=O) groups is 1. The van der Waals surface area contributed by atoms with Gasteiger partial charge in [-0.3, -0.25) is 4.79 Å². The molecule has 3 rings (SSSR count). The molecule has 0 bridgehead atoms. The SMILES string of the molecule is O=C(COc1ccc2ccccc2c1)NCC#CCOc1ccc(F)cc1F. The summed E-state index contributed by atoms with van der Waals surface area (Å²) in [5.74, 6) is 4.06. The van der Waals surface area contributed by atoms with E-state index in [-0.39, 0.29) is 31.4 Å². The zero-order valence-electron chi connectivity index (χ0n) is 14.9.